The molecule has 3 aliphatic rings. The Hall–Kier alpha value is -0.200. The van der Waals surface area contributed by atoms with E-state index in [0.717, 1.165) is 32.4 Å². The van der Waals surface area contributed by atoms with Crippen LogP contribution in [0.1, 0.15) is 33.1 Å². The lowest BCUT2D eigenvalue weighted by molar-refractivity contribution is -0.217. The zero-order chi connectivity index (χ0) is 13.5. The van der Waals surface area contributed by atoms with E-state index in [1.165, 1.54) is 0 Å². The van der Waals surface area contributed by atoms with Gasteiger partial charge in [-0.2, -0.15) is 0 Å². The first-order valence-corrected chi connectivity index (χ1v) is 7.33. The highest BCUT2D eigenvalue weighted by molar-refractivity contribution is 4.98. The van der Waals surface area contributed by atoms with Gasteiger partial charge in [0.1, 0.15) is 0 Å². The molecule has 0 aromatic heterocycles. The summed E-state index contributed by atoms with van der Waals surface area (Å²) in [6.45, 7) is 8.02. The number of nitrogens with zero attached hydrogens (tertiary/aromatic N) is 1. The summed E-state index contributed by atoms with van der Waals surface area (Å²) in [6, 6.07) is 0.103. The lowest BCUT2D eigenvalue weighted by atomic mass is 9.84. The van der Waals surface area contributed by atoms with E-state index in [1.54, 1.807) is 0 Å². The molecule has 1 N–H and O–H groups in total. The van der Waals surface area contributed by atoms with Gasteiger partial charge in [0.15, 0.2) is 5.79 Å². The van der Waals surface area contributed by atoms with E-state index < -0.39 is 5.79 Å². The van der Waals surface area contributed by atoms with Crippen molar-refractivity contribution in [1.29, 1.82) is 0 Å². The molecule has 2 aliphatic heterocycles. The fourth-order valence-corrected chi connectivity index (χ4v) is 3.68. The predicted octanol–water partition coefficient (Wildman–Crippen LogP) is 0.754. The Bertz CT molecular complexity index is 327. The van der Waals surface area contributed by atoms with Gasteiger partial charge in [-0.05, 0) is 20.3 Å². The first kappa shape index (κ1) is 13.8. The van der Waals surface area contributed by atoms with Gasteiger partial charge in [0.2, 0.25) is 0 Å². The van der Waals surface area contributed by atoms with Gasteiger partial charge >= 0.3 is 0 Å². The van der Waals surface area contributed by atoms with E-state index in [-0.39, 0.29) is 17.7 Å². The first-order valence-electron chi connectivity index (χ1n) is 7.33. The van der Waals surface area contributed by atoms with Crippen LogP contribution in [-0.4, -0.2) is 66.5 Å². The molecular formula is C14H25NO4. The minimum atomic E-state index is -0.446. The highest BCUT2D eigenvalue weighted by Gasteiger charge is 2.49. The van der Waals surface area contributed by atoms with E-state index in [0.29, 0.717) is 19.8 Å². The number of aliphatic hydroxyl groups excluding tert-OH is 1. The van der Waals surface area contributed by atoms with Gasteiger partial charge in [-0.15, -0.1) is 0 Å². The fraction of sp³-hybridized carbons (Fsp3) is 1.00. The molecule has 0 aromatic carbocycles. The normalized spacial score (nSPS) is 38.7. The molecule has 0 bridgehead atoms. The highest BCUT2D eigenvalue weighted by atomic mass is 16.7. The molecule has 0 radical (unpaired) electrons. The molecule has 2 saturated heterocycles. The smallest absolute Gasteiger partial charge is 0.170 e. The van der Waals surface area contributed by atoms with Crippen LogP contribution >= 0.6 is 0 Å². The monoisotopic (exact) mass is 271 g/mol. The molecule has 5 heteroatoms. The number of morpholine rings is 1. The molecule has 0 amide bonds. The van der Waals surface area contributed by atoms with Crippen LogP contribution in [0.15, 0.2) is 0 Å². The van der Waals surface area contributed by atoms with Gasteiger partial charge in [0, 0.05) is 31.0 Å². The third kappa shape index (κ3) is 2.54. The number of hydrogen-bond donors (Lipinski definition) is 1. The van der Waals surface area contributed by atoms with Gasteiger partial charge in [-0.25, -0.2) is 0 Å². The van der Waals surface area contributed by atoms with Crippen molar-refractivity contribution in [3.05, 3.63) is 0 Å². The van der Waals surface area contributed by atoms with Crippen LogP contribution in [0.2, 0.25) is 0 Å². The molecule has 1 spiro atoms. The maximum absolute atomic E-state index is 10.4. The Balaban J connectivity index is 1.77. The van der Waals surface area contributed by atoms with Crippen molar-refractivity contribution < 1.29 is 19.3 Å². The van der Waals surface area contributed by atoms with E-state index in [9.17, 15) is 5.11 Å². The number of ether oxygens (including phenoxy) is 3. The van der Waals surface area contributed by atoms with Gasteiger partial charge in [-0.1, -0.05) is 0 Å². The standard InChI is InChI=1S/C14H25NO4/c1-13(2)10-17-6-5-15(13)11-9-14(4-3-12(11)16)18-7-8-19-14/h11-12,16H,3-10H2,1-2H3. The number of hydrogen-bond acceptors (Lipinski definition) is 5. The van der Waals surface area contributed by atoms with Crippen molar-refractivity contribution >= 4 is 0 Å². The molecule has 2 unspecified atom stereocenters. The molecule has 110 valence electrons. The van der Waals surface area contributed by atoms with E-state index in [2.05, 4.69) is 18.7 Å². The molecule has 0 aromatic rings. The fourth-order valence-electron chi connectivity index (χ4n) is 3.68. The largest absolute Gasteiger partial charge is 0.391 e. The molecule has 1 aliphatic carbocycles. The Morgan fingerprint density at radius 1 is 1.16 bits per heavy atom. The van der Waals surface area contributed by atoms with E-state index in [1.807, 2.05) is 0 Å². The van der Waals surface area contributed by atoms with Gasteiger partial charge in [0.05, 0.1) is 32.5 Å². The van der Waals surface area contributed by atoms with Crippen LogP contribution in [0.4, 0.5) is 0 Å². The van der Waals surface area contributed by atoms with Crippen molar-refractivity contribution in [3.63, 3.8) is 0 Å². The maximum atomic E-state index is 10.4. The Morgan fingerprint density at radius 3 is 2.58 bits per heavy atom. The molecule has 5 nitrogen and oxygen atoms in total. The Labute approximate surface area is 114 Å². The molecule has 3 rings (SSSR count). The Morgan fingerprint density at radius 2 is 1.89 bits per heavy atom. The van der Waals surface area contributed by atoms with Gasteiger partial charge in [0.25, 0.3) is 0 Å². The second-order valence-corrected chi connectivity index (χ2v) is 6.54. The lowest BCUT2D eigenvalue weighted by Gasteiger charge is -2.51. The van der Waals surface area contributed by atoms with Gasteiger partial charge in [-0.3, -0.25) is 4.90 Å². The maximum Gasteiger partial charge on any atom is 0.170 e. The molecule has 2 atom stereocenters. The topological polar surface area (TPSA) is 51.2 Å². The van der Waals surface area contributed by atoms with Crippen LogP contribution in [0, 0.1) is 0 Å². The average Bonchev–Trinajstić information content (AvgIpc) is 2.81. The average molecular weight is 271 g/mol. The van der Waals surface area contributed by atoms with E-state index >= 15 is 0 Å². The van der Waals surface area contributed by atoms with Crippen molar-refractivity contribution in [1.82, 2.24) is 4.90 Å². The summed E-state index contributed by atoms with van der Waals surface area (Å²) in [5, 5.41) is 10.4. The molecule has 3 fully saturated rings. The zero-order valence-corrected chi connectivity index (χ0v) is 11.9. The summed E-state index contributed by atoms with van der Waals surface area (Å²) < 4.78 is 17.2. The minimum Gasteiger partial charge on any atom is -0.391 e. The second kappa shape index (κ2) is 4.97. The van der Waals surface area contributed by atoms with Crippen LogP contribution in [0.25, 0.3) is 0 Å². The molecule has 2 heterocycles. The molecular weight excluding hydrogens is 246 g/mol. The van der Waals surface area contributed by atoms with Crippen molar-refractivity contribution in [2.75, 3.05) is 33.0 Å². The summed E-state index contributed by atoms with van der Waals surface area (Å²) in [6.07, 6.45) is 2.02. The van der Waals surface area contributed by atoms with E-state index in [4.69, 9.17) is 14.2 Å². The first-order chi connectivity index (χ1) is 9.03. The van der Waals surface area contributed by atoms with Crippen LogP contribution in [-0.2, 0) is 14.2 Å². The molecule has 1 saturated carbocycles. The van der Waals surface area contributed by atoms with Crippen LogP contribution in [0.5, 0.6) is 0 Å². The van der Waals surface area contributed by atoms with Crippen molar-refractivity contribution in [3.8, 4) is 0 Å². The molecule has 19 heavy (non-hydrogen) atoms. The van der Waals surface area contributed by atoms with Crippen molar-refractivity contribution in [2.45, 2.75) is 56.6 Å². The van der Waals surface area contributed by atoms with Crippen LogP contribution in [0.3, 0.4) is 0 Å². The quantitative estimate of drug-likeness (QED) is 0.763. The second-order valence-electron chi connectivity index (χ2n) is 6.54. The lowest BCUT2D eigenvalue weighted by Crippen LogP contribution is -2.63. The number of rotatable bonds is 1. The number of aliphatic hydroxyl groups is 1. The summed E-state index contributed by atoms with van der Waals surface area (Å²) in [5.74, 6) is -0.446. The summed E-state index contributed by atoms with van der Waals surface area (Å²) >= 11 is 0. The van der Waals surface area contributed by atoms with Crippen molar-refractivity contribution in [2.24, 2.45) is 0 Å². The summed E-state index contributed by atoms with van der Waals surface area (Å²) in [5.41, 5.74) is -0.0406. The third-order valence-corrected chi connectivity index (χ3v) is 4.71. The third-order valence-electron chi connectivity index (χ3n) is 4.71. The zero-order valence-electron chi connectivity index (χ0n) is 11.9. The predicted molar refractivity (Wildman–Crippen MR) is 69.9 cm³/mol. The summed E-state index contributed by atoms with van der Waals surface area (Å²) in [7, 11) is 0. The Kier molecular flexibility index (Phi) is 3.60. The van der Waals surface area contributed by atoms with Crippen LogP contribution < -0.4 is 0 Å². The SMILES string of the molecule is CC1(C)COCCN1C1CC2(CCC1O)OCCO2. The highest BCUT2D eigenvalue weighted by Crippen LogP contribution is 2.40. The van der Waals surface area contributed by atoms with Gasteiger partial charge < -0.3 is 19.3 Å². The minimum absolute atomic E-state index is 0.0406. The summed E-state index contributed by atoms with van der Waals surface area (Å²) in [4.78, 5) is 2.38.